The topological polar surface area (TPSA) is 91.3 Å². The summed E-state index contributed by atoms with van der Waals surface area (Å²) in [6, 6.07) is 0. The van der Waals surface area contributed by atoms with Crippen molar-refractivity contribution in [2.75, 3.05) is 54.1 Å². The standard InChI is InChI=1S/C42H76NO7P/c1-6-8-10-12-14-16-18-19-20-21-22-23-24-25-26-27-29-31-33-35-42(44)50-41(40-49-51(45,46)48-38-36-43(3,4)5)39-47-37-34-32-30-28-17-15-13-11-9-7-2/h8,10,14,16,19-20,22-23,25-26,41H,6-7,9,11-13,15,17-18,21,24,27-40H2,1-5H3/p+1/b10-8-,16-14-,20-19-,23-22-,26-25-. The van der Waals surface area contributed by atoms with Gasteiger partial charge in [-0.25, -0.2) is 4.57 Å². The van der Waals surface area contributed by atoms with Crippen LogP contribution in [0.15, 0.2) is 60.8 Å². The van der Waals surface area contributed by atoms with Gasteiger partial charge < -0.3 is 18.9 Å². The van der Waals surface area contributed by atoms with Crippen molar-refractivity contribution in [3.05, 3.63) is 60.8 Å². The fraction of sp³-hybridized carbons (Fsp3) is 0.738. The minimum absolute atomic E-state index is 0.0800. The Balaban J connectivity index is 4.34. The summed E-state index contributed by atoms with van der Waals surface area (Å²) in [6.45, 7) is 5.43. The number of hydrogen-bond donors (Lipinski definition) is 1. The molecule has 1 N–H and O–H groups in total. The fourth-order valence-electron chi connectivity index (χ4n) is 4.99. The molecule has 0 rings (SSSR count). The number of hydrogen-bond acceptors (Lipinski definition) is 6. The summed E-state index contributed by atoms with van der Waals surface area (Å²) in [6.07, 6.45) is 42.5. The Hall–Kier alpha value is -1.80. The maximum absolute atomic E-state index is 12.6. The first-order valence-corrected chi connectivity index (χ1v) is 21.5. The second-order valence-corrected chi connectivity index (χ2v) is 15.7. The van der Waals surface area contributed by atoms with Crippen LogP contribution in [0, 0.1) is 0 Å². The summed E-state index contributed by atoms with van der Waals surface area (Å²) < 4.78 is 34.8. The van der Waals surface area contributed by atoms with Gasteiger partial charge in [0.25, 0.3) is 0 Å². The molecule has 0 saturated carbocycles. The first kappa shape index (κ1) is 49.2. The van der Waals surface area contributed by atoms with Gasteiger partial charge in [-0.3, -0.25) is 13.8 Å². The van der Waals surface area contributed by atoms with Gasteiger partial charge in [0.05, 0.1) is 34.4 Å². The zero-order chi connectivity index (χ0) is 37.7. The molecule has 0 amide bonds. The third kappa shape index (κ3) is 39.2. The van der Waals surface area contributed by atoms with Crippen molar-refractivity contribution >= 4 is 13.8 Å². The SMILES string of the molecule is CC/C=C\C/C=C\C/C=C\C/C=C\C/C=C\CCCCCC(=O)OC(COCCCCCCCCCCCC)COP(=O)(O)OCC[N+](C)(C)C. The number of unbranched alkanes of at least 4 members (excludes halogenated alkanes) is 12. The second-order valence-electron chi connectivity index (χ2n) is 14.3. The highest BCUT2D eigenvalue weighted by Gasteiger charge is 2.26. The van der Waals surface area contributed by atoms with Crippen LogP contribution in [-0.4, -0.2) is 75.6 Å². The van der Waals surface area contributed by atoms with Crippen LogP contribution in [0.1, 0.15) is 142 Å². The van der Waals surface area contributed by atoms with E-state index in [1.807, 2.05) is 21.1 Å². The minimum atomic E-state index is -4.28. The highest BCUT2D eigenvalue weighted by Crippen LogP contribution is 2.43. The first-order chi connectivity index (χ1) is 24.6. The first-order valence-electron chi connectivity index (χ1n) is 20.0. The lowest BCUT2D eigenvalue weighted by atomic mass is 10.1. The average Bonchev–Trinajstić information content (AvgIpc) is 3.08. The van der Waals surface area contributed by atoms with E-state index in [1.54, 1.807) is 0 Å². The molecule has 2 atom stereocenters. The molecule has 0 heterocycles. The Morgan fingerprint density at radius 2 is 1.14 bits per heavy atom. The van der Waals surface area contributed by atoms with Gasteiger partial charge in [0.2, 0.25) is 0 Å². The number of carbonyl (C=O) groups is 1. The molecule has 51 heavy (non-hydrogen) atoms. The molecule has 0 aromatic heterocycles. The summed E-state index contributed by atoms with van der Waals surface area (Å²) >= 11 is 0. The number of rotatable bonds is 36. The molecule has 2 unspecified atom stereocenters. The van der Waals surface area contributed by atoms with Crippen molar-refractivity contribution in [1.82, 2.24) is 0 Å². The van der Waals surface area contributed by atoms with Crippen LogP contribution in [0.5, 0.6) is 0 Å². The molecular weight excluding hydrogens is 661 g/mol. The number of carbonyl (C=O) groups excluding carboxylic acids is 1. The number of phosphoric ester groups is 1. The van der Waals surface area contributed by atoms with Crippen LogP contribution >= 0.6 is 7.82 Å². The summed E-state index contributed by atoms with van der Waals surface area (Å²) in [5.41, 5.74) is 0. The predicted octanol–water partition coefficient (Wildman–Crippen LogP) is 11.4. The predicted molar refractivity (Wildman–Crippen MR) is 215 cm³/mol. The lowest BCUT2D eigenvalue weighted by molar-refractivity contribution is -0.870. The molecule has 0 fully saturated rings. The van der Waals surface area contributed by atoms with Crippen LogP contribution in [-0.2, 0) is 27.9 Å². The van der Waals surface area contributed by atoms with E-state index in [0.717, 1.165) is 70.6 Å². The van der Waals surface area contributed by atoms with E-state index < -0.39 is 13.9 Å². The number of allylic oxidation sites excluding steroid dienone is 10. The summed E-state index contributed by atoms with van der Waals surface area (Å²) in [5.74, 6) is -0.347. The number of likely N-dealkylation sites (N-methyl/N-ethyl adjacent to an activating group) is 1. The molecule has 8 nitrogen and oxygen atoms in total. The van der Waals surface area contributed by atoms with Gasteiger partial charge in [-0.05, 0) is 57.8 Å². The van der Waals surface area contributed by atoms with Crippen LogP contribution in [0.25, 0.3) is 0 Å². The number of esters is 1. The molecule has 0 aliphatic rings. The third-order valence-corrected chi connectivity index (χ3v) is 9.08. The molecular formula is C42H77NO7P+. The Labute approximate surface area is 313 Å². The normalized spacial score (nSPS) is 14.5. The smallest absolute Gasteiger partial charge is 0.457 e. The number of phosphoric acid groups is 1. The average molecular weight is 739 g/mol. The minimum Gasteiger partial charge on any atom is -0.457 e. The Morgan fingerprint density at radius 1 is 0.627 bits per heavy atom. The van der Waals surface area contributed by atoms with Gasteiger partial charge in [-0.15, -0.1) is 0 Å². The third-order valence-electron chi connectivity index (χ3n) is 8.09. The molecule has 0 radical (unpaired) electrons. The maximum atomic E-state index is 12.6. The second kappa shape index (κ2) is 35.2. The zero-order valence-corrected chi connectivity index (χ0v) is 34.2. The van der Waals surface area contributed by atoms with E-state index in [1.165, 1.54) is 51.4 Å². The van der Waals surface area contributed by atoms with Crippen molar-refractivity contribution in [3.8, 4) is 0 Å². The Kier molecular flexibility index (Phi) is 34.0. The van der Waals surface area contributed by atoms with Gasteiger partial charge in [-0.2, -0.15) is 0 Å². The van der Waals surface area contributed by atoms with Crippen molar-refractivity contribution in [2.24, 2.45) is 0 Å². The monoisotopic (exact) mass is 739 g/mol. The quantitative estimate of drug-likeness (QED) is 0.0225. The fourth-order valence-corrected chi connectivity index (χ4v) is 5.73. The molecule has 0 aliphatic heterocycles. The van der Waals surface area contributed by atoms with Crippen LogP contribution in [0.2, 0.25) is 0 Å². The summed E-state index contributed by atoms with van der Waals surface area (Å²) in [4.78, 5) is 22.8. The van der Waals surface area contributed by atoms with Crippen LogP contribution in [0.3, 0.4) is 0 Å². The number of ether oxygens (including phenoxy) is 2. The molecule has 296 valence electrons. The molecule has 0 spiro atoms. The summed E-state index contributed by atoms with van der Waals surface area (Å²) in [5, 5.41) is 0. The molecule has 0 aromatic carbocycles. The van der Waals surface area contributed by atoms with E-state index in [-0.39, 0.29) is 32.2 Å². The van der Waals surface area contributed by atoms with E-state index in [0.29, 0.717) is 17.6 Å². The molecule has 0 aliphatic carbocycles. The molecule has 0 bridgehead atoms. The number of nitrogens with zero attached hydrogens (tertiary/aromatic N) is 1. The van der Waals surface area contributed by atoms with Crippen molar-refractivity contribution in [2.45, 2.75) is 148 Å². The molecule has 0 saturated heterocycles. The van der Waals surface area contributed by atoms with Gasteiger partial charge in [-0.1, -0.05) is 139 Å². The van der Waals surface area contributed by atoms with Gasteiger partial charge >= 0.3 is 13.8 Å². The molecule has 0 aromatic rings. The van der Waals surface area contributed by atoms with E-state index in [2.05, 4.69) is 74.6 Å². The maximum Gasteiger partial charge on any atom is 0.472 e. The van der Waals surface area contributed by atoms with Crippen molar-refractivity contribution in [1.29, 1.82) is 0 Å². The lowest BCUT2D eigenvalue weighted by Crippen LogP contribution is -2.37. The number of quaternary nitrogens is 1. The Bertz CT molecular complexity index is 1000. The zero-order valence-electron chi connectivity index (χ0n) is 33.3. The van der Waals surface area contributed by atoms with E-state index in [9.17, 15) is 14.3 Å². The molecule has 9 heteroatoms. The Morgan fingerprint density at radius 3 is 1.69 bits per heavy atom. The van der Waals surface area contributed by atoms with Gasteiger partial charge in [0.15, 0.2) is 0 Å². The van der Waals surface area contributed by atoms with Crippen LogP contribution in [0.4, 0.5) is 0 Å². The van der Waals surface area contributed by atoms with Crippen LogP contribution < -0.4 is 0 Å². The van der Waals surface area contributed by atoms with Gasteiger partial charge in [0.1, 0.15) is 19.3 Å². The van der Waals surface area contributed by atoms with Crippen molar-refractivity contribution < 1.29 is 37.3 Å². The van der Waals surface area contributed by atoms with E-state index >= 15 is 0 Å². The highest BCUT2D eigenvalue weighted by atomic mass is 31.2. The van der Waals surface area contributed by atoms with Crippen molar-refractivity contribution in [3.63, 3.8) is 0 Å². The lowest BCUT2D eigenvalue weighted by Gasteiger charge is -2.24. The largest absolute Gasteiger partial charge is 0.472 e. The van der Waals surface area contributed by atoms with E-state index in [4.69, 9.17) is 18.5 Å². The highest BCUT2D eigenvalue weighted by molar-refractivity contribution is 7.47. The summed E-state index contributed by atoms with van der Waals surface area (Å²) in [7, 11) is 1.64. The van der Waals surface area contributed by atoms with Gasteiger partial charge in [0, 0.05) is 13.0 Å².